The molecule has 1 amide bonds. The van der Waals surface area contributed by atoms with Crippen LogP contribution < -0.4 is 5.32 Å². The molecule has 0 aliphatic rings. The quantitative estimate of drug-likeness (QED) is 0.616. The normalized spacial score (nSPS) is 10.8. The Morgan fingerprint density at radius 1 is 1.04 bits per heavy atom. The van der Waals surface area contributed by atoms with Crippen LogP contribution in [0.25, 0.3) is 16.9 Å². The Hall–Kier alpha value is -3.47. The van der Waals surface area contributed by atoms with Gasteiger partial charge in [-0.3, -0.25) is 14.2 Å². The highest BCUT2D eigenvalue weighted by molar-refractivity contribution is 5.99. The van der Waals surface area contributed by atoms with Gasteiger partial charge in [-0.05, 0) is 31.2 Å². The highest BCUT2D eigenvalue weighted by Gasteiger charge is 2.20. The third-order valence-electron chi connectivity index (χ3n) is 4.23. The maximum atomic E-state index is 12.8. The summed E-state index contributed by atoms with van der Waals surface area (Å²) in [6, 6.07) is 19.5. The first-order valence-corrected chi connectivity index (χ1v) is 8.44. The van der Waals surface area contributed by atoms with Gasteiger partial charge in [0.15, 0.2) is 5.69 Å². The van der Waals surface area contributed by atoms with E-state index in [0.29, 0.717) is 12.2 Å². The van der Waals surface area contributed by atoms with Crippen molar-refractivity contribution in [2.45, 2.75) is 13.5 Å². The molecule has 0 atom stereocenters. The van der Waals surface area contributed by atoms with Crippen LogP contribution in [0.5, 0.6) is 0 Å². The molecule has 0 aliphatic carbocycles. The van der Waals surface area contributed by atoms with E-state index in [4.69, 9.17) is 0 Å². The molecule has 3 heterocycles. The second-order valence-electron chi connectivity index (χ2n) is 6.11. The molecular weight excluding hydrogens is 324 g/mol. The van der Waals surface area contributed by atoms with Gasteiger partial charge in [-0.25, -0.2) is 4.98 Å². The zero-order valence-corrected chi connectivity index (χ0v) is 14.4. The highest BCUT2D eigenvalue weighted by Crippen LogP contribution is 2.25. The second kappa shape index (κ2) is 6.80. The van der Waals surface area contributed by atoms with Crippen LogP contribution >= 0.6 is 0 Å². The smallest absolute Gasteiger partial charge is 0.272 e. The number of aromatic nitrogens is 3. The number of nitrogens with one attached hydrogen (secondary N) is 1. The van der Waals surface area contributed by atoms with Gasteiger partial charge in [-0.1, -0.05) is 42.0 Å². The predicted molar refractivity (Wildman–Crippen MR) is 101 cm³/mol. The maximum absolute atomic E-state index is 12.8. The van der Waals surface area contributed by atoms with Gasteiger partial charge in [0.05, 0.1) is 17.9 Å². The number of amides is 1. The Bertz CT molecular complexity index is 1050. The van der Waals surface area contributed by atoms with Crippen molar-refractivity contribution in [2.24, 2.45) is 0 Å². The molecule has 0 aliphatic heterocycles. The van der Waals surface area contributed by atoms with Crippen molar-refractivity contribution in [3.63, 3.8) is 0 Å². The molecule has 0 saturated carbocycles. The number of rotatable bonds is 4. The Morgan fingerprint density at radius 2 is 1.85 bits per heavy atom. The lowest BCUT2D eigenvalue weighted by Crippen LogP contribution is -2.24. The van der Waals surface area contributed by atoms with Crippen molar-refractivity contribution < 1.29 is 4.79 Å². The largest absolute Gasteiger partial charge is 0.345 e. The summed E-state index contributed by atoms with van der Waals surface area (Å²) in [5.41, 5.74) is 4.88. The Balaban J connectivity index is 1.73. The van der Waals surface area contributed by atoms with Crippen molar-refractivity contribution >= 4 is 11.6 Å². The molecule has 0 fully saturated rings. The third kappa shape index (κ3) is 3.07. The molecule has 128 valence electrons. The molecule has 4 aromatic rings. The van der Waals surface area contributed by atoms with Crippen LogP contribution in [-0.4, -0.2) is 20.3 Å². The van der Waals surface area contributed by atoms with Gasteiger partial charge < -0.3 is 5.32 Å². The molecule has 5 nitrogen and oxygen atoms in total. The molecule has 4 rings (SSSR count). The summed E-state index contributed by atoms with van der Waals surface area (Å²) >= 11 is 0. The number of imidazole rings is 1. The Morgan fingerprint density at radius 3 is 2.62 bits per heavy atom. The van der Waals surface area contributed by atoms with Gasteiger partial charge in [0, 0.05) is 18.0 Å². The summed E-state index contributed by atoms with van der Waals surface area (Å²) in [4.78, 5) is 21.6. The molecule has 1 aromatic carbocycles. The van der Waals surface area contributed by atoms with Gasteiger partial charge in [-0.15, -0.1) is 0 Å². The fourth-order valence-electron chi connectivity index (χ4n) is 2.90. The van der Waals surface area contributed by atoms with Crippen molar-refractivity contribution in [2.75, 3.05) is 0 Å². The van der Waals surface area contributed by atoms with E-state index in [0.717, 1.165) is 22.6 Å². The number of hydrogen-bond acceptors (Lipinski definition) is 3. The average Bonchev–Trinajstić information content (AvgIpc) is 3.07. The molecule has 0 saturated heterocycles. The zero-order valence-electron chi connectivity index (χ0n) is 14.4. The lowest BCUT2D eigenvalue weighted by Gasteiger charge is -2.07. The maximum Gasteiger partial charge on any atom is 0.272 e. The predicted octanol–water partition coefficient (Wildman–Crippen LogP) is 3.63. The van der Waals surface area contributed by atoms with Crippen LogP contribution in [0.15, 0.2) is 73.1 Å². The summed E-state index contributed by atoms with van der Waals surface area (Å²) in [5.74, 6) is -0.213. The lowest BCUT2D eigenvalue weighted by atomic mass is 10.1. The summed E-state index contributed by atoms with van der Waals surface area (Å²) < 4.78 is 1.94. The number of pyridine rings is 2. The fourth-order valence-corrected chi connectivity index (χ4v) is 2.90. The number of nitrogens with zero attached hydrogens (tertiary/aromatic N) is 3. The van der Waals surface area contributed by atoms with Crippen molar-refractivity contribution in [3.05, 3.63) is 90.0 Å². The lowest BCUT2D eigenvalue weighted by molar-refractivity contribution is 0.0946. The highest BCUT2D eigenvalue weighted by atomic mass is 16.1. The van der Waals surface area contributed by atoms with Gasteiger partial charge in [0.2, 0.25) is 0 Å². The Labute approximate surface area is 151 Å². The second-order valence-corrected chi connectivity index (χ2v) is 6.11. The van der Waals surface area contributed by atoms with Crippen molar-refractivity contribution in [1.29, 1.82) is 0 Å². The van der Waals surface area contributed by atoms with Crippen LogP contribution in [0.1, 0.15) is 21.7 Å². The number of fused-ring (bicyclic) bond motifs is 1. The van der Waals surface area contributed by atoms with Crippen molar-refractivity contribution in [1.82, 2.24) is 19.7 Å². The molecule has 0 radical (unpaired) electrons. The number of benzene rings is 1. The van der Waals surface area contributed by atoms with Crippen LogP contribution in [0, 0.1) is 6.92 Å². The minimum Gasteiger partial charge on any atom is -0.345 e. The summed E-state index contributed by atoms with van der Waals surface area (Å²) in [6.07, 6.45) is 3.64. The number of carbonyl (C=O) groups is 1. The molecule has 0 bridgehead atoms. The van der Waals surface area contributed by atoms with Gasteiger partial charge >= 0.3 is 0 Å². The van der Waals surface area contributed by atoms with E-state index in [1.165, 1.54) is 5.56 Å². The van der Waals surface area contributed by atoms with E-state index in [9.17, 15) is 4.79 Å². The zero-order chi connectivity index (χ0) is 17.9. The number of hydrogen-bond donors (Lipinski definition) is 1. The first-order valence-electron chi connectivity index (χ1n) is 8.44. The molecule has 26 heavy (non-hydrogen) atoms. The van der Waals surface area contributed by atoms with Crippen LogP contribution in [0.4, 0.5) is 0 Å². The monoisotopic (exact) mass is 342 g/mol. The standard InChI is InChI=1S/C21H18N4O/c1-15-8-10-16(11-9-15)20-19(24-18-7-3-5-13-25(18)20)21(26)23-14-17-6-2-4-12-22-17/h2-13H,14H2,1H3,(H,23,26). The van der Waals surface area contributed by atoms with E-state index in [2.05, 4.69) is 15.3 Å². The van der Waals surface area contributed by atoms with E-state index in [1.54, 1.807) is 6.20 Å². The van der Waals surface area contributed by atoms with Gasteiger partial charge in [0.1, 0.15) is 5.65 Å². The van der Waals surface area contributed by atoms with Crippen LogP contribution in [0.3, 0.4) is 0 Å². The molecule has 5 heteroatoms. The average molecular weight is 342 g/mol. The Kier molecular flexibility index (Phi) is 4.19. The van der Waals surface area contributed by atoms with E-state index >= 15 is 0 Å². The first kappa shape index (κ1) is 16.0. The molecule has 0 spiro atoms. The summed E-state index contributed by atoms with van der Waals surface area (Å²) in [7, 11) is 0. The molecule has 3 aromatic heterocycles. The fraction of sp³-hybridized carbons (Fsp3) is 0.0952. The third-order valence-corrected chi connectivity index (χ3v) is 4.23. The SMILES string of the molecule is Cc1ccc(-c2c(C(=O)NCc3ccccn3)nc3ccccn23)cc1. The topological polar surface area (TPSA) is 59.3 Å². The first-order chi connectivity index (χ1) is 12.7. The summed E-state index contributed by atoms with van der Waals surface area (Å²) in [5, 5.41) is 2.92. The summed E-state index contributed by atoms with van der Waals surface area (Å²) in [6.45, 7) is 2.40. The van der Waals surface area contributed by atoms with Crippen LogP contribution in [0.2, 0.25) is 0 Å². The van der Waals surface area contributed by atoms with Crippen LogP contribution in [-0.2, 0) is 6.54 Å². The van der Waals surface area contributed by atoms with Crippen molar-refractivity contribution in [3.8, 4) is 11.3 Å². The van der Waals surface area contributed by atoms with E-state index in [1.807, 2.05) is 78.2 Å². The minimum atomic E-state index is -0.213. The van der Waals surface area contributed by atoms with E-state index in [-0.39, 0.29) is 5.91 Å². The minimum absolute atomic E-state index is 0.213. The molecular formula is C21H18N4O. The molecule has 0 unspecified atom stereocenters. The number of aryl methyl sites for hydroxylation is 1. The van der Waals surface area contributed by atoms with Gasteiger partial charge in [-0.2, -0.15) is 0 Å². The molecule has 1 N–H and O–H groups in total. The van der Waals surface area contributed by atoms with Gasteiger partial charge in [0.25, 0.3) is 5.91 Å². The van der Waals surface area contributed by atoms with E-state index < -0.39 is 0 Å². The number of carbonyl (C=O) groups excluding carboxylic acids is 1.